The van der Waals surface area contributed by atoms with Gasteiger partial charge >= 0.3 is 0 Å². The second kappa shape index (κ2) is 5.43. The van der Waals surface area contributed by atoms with Crippen molar-refractivity contribution in [3.8, 4) is 5.75 Å². The molecule has 1 aromatic rings. The largest absolute Gasteiger partial charge is 0.503 e. The number of hydrogen-bond acceptors (Lipinski definition) is 3. The number of ketones is 1. The normalized spacial score (nSPS) is 11.4. The smallest absolute Gasteiger partial charge is 0.194 e. The first-order valence-electron chi connectivity index (χ1n) is 4.99. The molecule has 0 atom stereocenters. The molecular weight excluding hydrogens is 230 g/mol. The van der Waals surface area contributed by atoms with E-state index in [-0.39, 0.29) is 5.57 Å². The zero-order chi connectivity index (χ0) is 13.0. The number of carbonyl (C=O) groups excluding carboxylic acids is 1. The molecule has 0 heterocycles. The van der Waals surface area contributed by atoms with Gasteiger partial charge in [-0.2, -0.15) is 0 Å². The molecule has 5 heteroatoms. The van der Waals surface area contributed by atoms with Gasteiger partial charge in [-0.25, -0.2) is 8.78 Å². The van der Waals surface area contributed by atoms with Crippen LogP contribution in [0.2, 0.25) is 0 Å². The van der Waals surface area contributed by atoms with Crippen LogP contribution in [0.5, 0.6) is 5.75 Å². The first-order chi connectivity index (χ1) is 7.99. The summed E-state index contributed by atoms with van der Waals surface area (Å²) in [5, 5.41) is 9.04. The number of benzene rings is 1. The van der Waals surface area contributed by atoms with Crippen molar-refractivity contribution in [3.05, 3.63) is 41.2 Å². The summed E-state index contributed by atoms with van der Waals surface area (Å²) in [4.78, 5) is 11.7. The average Bonchev–Trinajstić information content (AvgIpc) is 2.32. The molecule has 0 bridgehead atoms. The minimum Gasteiger partial charge on any atom is -0.503 e. The number of aromatic hydroxyl groups is 1. The van der Waals surface area contributed by atoms with E-state index in [1.165, 1.54) is 13.2 Å². The van der Waals surface area contributed by atoms with Crippen molar-refractivity contribution in [2.45, 2.75) is 13.8 Å². The summed E-state index contributed by atoms with van der Waals surface area (Å²) in [5.41, 5.74) is -0.228. The first-order valence-corrected chi connectivity index (χ1v) is 4.99. The van der Waals surface area contributed by atoms with Gasteiger partial charge in [-0.3, -0.25) is 4.79 Å². The van der Waals surface area contributed by atoms with E-state index in [4.69, 9.17) is 9.84 Å². The third kappa shape index (κ3) is 2.81. The van der Waals surface area contributed by atoms with Gasteiger partial charge in [0.05, 0.1) is 18.4 Å². The number of halogens is 2. The van der Waals surface area contributed by atoms with Crippen molar-refractivity contribution < 1.29 is 23.4 Å². The van der Waals surface area contributed by atoms with Crippen LogP contribution < -0.4 is 0 Å². The van der Waals surface area contributed by atoms with Gasteiger partial charge in [-0.1, -0.05) is 0 Å². The molecule has 1 N–H and O–H groups in total. The molecule has 0 fully saturated rings. The Morgan fingerprint density at radius 3 is 2.71 bits per heavy atom. The minimum atomic E-state index is -1.26. The third-order valence-electron chi connectivity index (χ3n) is 2.10. The lowest BCUT2D eigenvalue weighted by molar-refractivity contribution is 0.102. The Morgan fingerprint density at radius 2 is 2.12 bits per heavy atom. The predicted molar refractivity (Wildman–Crippen MR) is 57.7 cm³/mol. The quantitative estimate of drug-likeness (QED) is 0.501. The fraction of sp³-hybridized carbons (Fsp3) is 0.250. The van der Waals surface area contributed by atoms with Crippen LogP contribution in [0.1, 0.15) is 24.2 Å². The van der Waals surface area contributed by atoms with Gasteiger partial charge < -0.3 is 9.84 Å². The number of allylic oxidation sites excluding steroid dienone is 1. The predicted octanol–water partition coefficient (Wildman–Crippen LogP) is 2.79. The van der Waals surface area contributed by atoms with E-state index >= 15 is 0 Å². The molecule has 0 aliphatic carbocycles. The van der Waals surface area contributed by atoms with Crippen LogP contribution in [0.3, 0.4) is 0 Å². The van der Waals surface area contributed by atoms with Gasteiger partial charge in [0.25, 0.3) is 0 Å². The Labute approximate surface area is 97.3 Å². The maximum Gasteiger partial charge on any atom is 0.194 e. The van der Waals surface area contributed by atoms with Crippen LogP contribution in [0.15, 0.2) is 24.0 Å². The van der Waals surface area contributed by atoms with Gasteiger partial charge in [0.1, 0.15) is 0 Å². The number of hydrogen-bond donors (Lipinski definition) is 1. The van der Waals surface area contributed by atoms with Crippen LogP contribution in [-0.4, -0.2) is 17.5 Å². The molecule has 1 rings (SSSR count). The Balaban J connectivity index is 3.09. The summed E-state index contributed by atoms with van der Waals surface area (Å²) in [6.45, 7) is 3.55. The third-order valence-corrected chi connectivity index (χ3v) is 2.10. The molecule has 0 radical (unpaired) electrons. The van der Waals surface area contributed by atoms with Crippen LogP contribution in [0.25, 0.3) is 0 Å². The highest BCUT2D eigenvalue weighted by molar-refractivity contribution is 6.08. The summed E-state index contributed by atoms with van der Waals surface area (Å²) in [6, 6.07) is 1.82. The molecule has 0 saturated heterocycles. The van der Waals surface area contributed by atoms with E-state index in [9.17, 15) is 13.6 Å². The van der Waals surface area contributed by atoms with Crippen molar-refractivity contribution in [1.29, 1.82) is 0 Å². The van der Waals surface area contributed by atoms with Crippen molar-refractivity contribution in [2.24, 2.45) is 0 Å². The number of phenols is 1. The lowest BCUT2D eigenvalue weighted by Crippen LogP contribution is -2.05. The molecule has 0 amide bonds. The summed E-state index contributed by atoms with van der Waals surface area (Å²) >= 11 is 0. The van der Waals surface area contributed by atoms with Crippen LogP contribution in [0, 0.1) is 11.6 Å². The molecule has 3 nitrogen and oxygen atoms in total. The molecular formula is C12H12F2O3. The number of phenolic OH excluding ortho intramolecular Hbond substituents is 1. The molecule has 0 unspecified atom stereocenters. The molecule has 0 saturated carbocycles. The number of rotatable bonds is 4. The molecule has 0 aliphatic rings. The zero-order valence-electron chi connectivity index (χ0n) is 9.46. The van der Waals surface area contributed by atoms with Gasteiger partial charge in [0.2, 0.25) is 0 Å². The molecule has 0 aliphatic heterocycles. The van der Waals surface area contributed by atoms with Crippen molar-refractivity contribution in [2.75, 3.05) is 6.61 Å². The van der Waals surface area contributed by atoms with E-state index < -0.39 is 28.7 Å². The molecule has 1 aromatic carbocycles. The second-order valence-electron chi connectivity index (χ2n) is 3.34. The highest BCUT2D eigenvalue weighted by Gasteiger charge is 2.19. The van der Waals surface area contributed by atoms with E-state index in [0.717, 1.165) is 12.1 Å². The molecule has 17 heavy (non-hydrogen) atoms. The highest BCUT2D eigenvalue weighted by Crippen LogP contribution is 2.24. The van der Waals surface area contributed by atoms with Crippen molar-refractivity contribution in [1.82, 2.24) is 0 Å². The van der Waals surface area contributed by atoms with Gasteiger partial charge in [-0.15, -0.1) is 0 Å². The van der Waals surface area contributed by atoms with Crippen LogP contribution >= 0.6 is 0 Å². The van der Waals surface area contributed by atoms with E-state index in [0.29, 0.717) is 6.61 Å². The summed E-state index contributed by atoms with van der Waals surface area (Å²) in [6.07, 6.45) is 1.20. The standard InChI is InChI=1S/C12H12F2O3/c1-3-17-6-7(2)11(15)8-4-5-9(13)12(16)10(8)14/h4-6,16H,3H2,1-2H3. The van der Waals surface area contributed by atoms with E-state index in [2.05, 4.69) is 0 Å². The number of ether oxygens (including phenoxy) is 1. The SMILES string of the molecule is CCOC=C(C)C(=O)c1ccc(F)c(O)c1F. The minimum absolute atomic E-state index is 0.164. The molecule has 92 valence electrons. The summed E-state index contributed by atoms with van der Waals surface area (Å²) < 4.78 is 31.1. The monoisotopic (exact) mass is 242 g/mol. The van der Waals surface area contributed by atoms with Crippen LogP contribution in [0.4, 0.5) is 8.78 Å². The lowest BCUT2D eigenvalue weighted by Gasteiger charge is -2.05. The molecule has 0 spiro atoms. The second-order valence-corrected chi connectivity index (χ2v) is 3.34. The van der Waals surface area contributed by atoms with Gasteiger partial charge in [0, 0.05) is 5.57 Å². The fourth-order valence-electron chi connectivity index (χ4n) is 1.19. The van der Waals surface area contributed by atoms with Crippen LogP contribution in [-0.2, 0) is 4.74 Å². The van der Waals surface area contributed by atoms with E-state index in [1.807, 2.05) is 0 Å². The number of carbonyl (C=O) groups is 1. The Morgan fingerprint density at radius 1 is 1.47 bits per heavy atom. The summed E-state index contributed by atoms with van der Waals surface area (Å²) in [5.74, 6) is -4.18. The van der Waals surface area contributed by atoms with E-state index in [1.54, 1.807) is 6.92 Å². The lowest BCUT2D eigenvalue weighted by atomic mass is 10.0. The summed E-state index contributed by atoms with van der Waals surface area (Å²) in [7, 11) is 0. The first kappa shape index (κ1) is 13.2. The van der Waals surface area contributed by atoms with Gasteiger partial charge in [-0.05, 0) is 26.0 Å². The Bertz CT molecular complexity index is 467. The average molecular weight is 242 g/mol. The topological polar surface area (TPSA) is 46.5 Å². The Kier molecular flexibility index (Phi) is 4.20. The van der Waals surface area contributed by atoms with Crippen molar-refractivity contribution in [3.63, 3.8) is 0 Å². The highest BCUT2D eigenvalue weighted by atomic mass is 19.1. The number of Topliss-reactive ketones (excluding diaryl/α,β-unsaturated/α-hetero) is 1. The maximum absolute atomic E-state index is 13.4. The van der Waals surface area contributed by atoms with Gasteiger partial charge in [0.15, 0.2) is 23.2 Å². The maximum atomic E-state index is 13.4. The Hall–Kier alpha value is -1.91. The molecule has 0 aromatic heterocycles. The van der Waals surface area contributed by atoms with Crippen molar-refractivity contribution >= 4 is 5.78 Å². The zero-order valence-corrected chi connectivity index (χ0v) is 9.46. The fourth-order valence-corrected chi connectivity index (χ4v) is 1.19.